The first-order valence-corrected chi connectivity index (χ1v) is 13.4. The number of benzene rings is 1. The van der Waals surface area contributed by atoms with Crippen molar-refractivity contribution in [3.05, 3.63) is 59.6 Å². The van der Waals surface area contributed by atoms with Gasteiger partial charge in [0.15, 0.2) is 5.82 Å². The van der Waals surface area contributed by atoms with E-state index >= 15 is 0 Å². The molecule has 1 atom stereocenters. The lowest BCUT2D eigenvalue weighted by atomic mass is 10.2. The Hall–Kier alpha value is -4.01. The van der Waals surface area contributed by atoms with Crippen LogP contribution in [0.3, 0.4) is 0 Å². The van der Waals surface area contributed by atoms with Gasteiger partial charge in [-0.1, -0.05) is 23.7 Å². The minimum atomic E-state index is -4.14. The third-order valence-electron chi connectivity index (χ3n) is 5.56. The van der Waals surface area contributed by atoms with Crippen LogP contribution in [-0.2, 0) is 21.2 Å². The van der Waals surface area contributed by atoms with Gasteiger partial charge in [0, 0.05) is 32.0 Å². The smallest absolute Gasteiger partial charge is 0.243 e. The SMILES string of the molecule is COC[C@H](Cc1ncc(Cl)cn1)S(=O)(=O)Nc1nnc(-c2cccc(OC)n2)n1-c1c(OC)cccc1OC. The Morgan fingerprint density at radius 3 is 2.23 bits per heavy atom. The lowest BCUT2D eigenvalue weighted by Gasteiger charge is -2.20. The van der Waals surface area contributed by atoms with E-state index in [1.165, 1.54) is 45.4 Å². The molecule has 0 radical (unpaired) electrons. The first-order chi connectivity index (χ1) is 18.8. The Bertz CT molecular complexity index is 1510. The second-order valence-electron chi connectivity index (χ2n) is 8.01. The first-order valence-electron chi connectivity index (χ1n) is 11.5. The zero-order valence-electron chi connectivity index (χ0n) is 21.5. The van der Waals surface area contributed by atoms with E-state index in [0.29, 0.717) is 33.8 Å². The van der Waals surface area contributed by atoms with Crippen molar-refractivity contribution in [1.82, 2.24) is 29.7 Å². The number of pyridine rings is 1. The largest absolute Gasteiger partial charge is 0.494 e. The summed E-state index contributed by atoms with van der Waals surface area (Å²) in [6.07, 6.45) is 2.74. The molecule has 0 aliphatic rings. The second kappa shape index (κ2) is 12.2. The van der Waals surface area contributed by atoms with Crippen molar-refractivity contribution in [2.45, 2.75) is 11.7 Å². The van der Waals surface area contributed by atoms with E-state index in [1.54, 1.807) is 36.4 Å². The van der Waals surface area contributed by atoms with Crippen LogP contribution in [0.2, 0.25) is 5.02 Å². The summed E-state index contributed by atoms with van der Waals surface area (Å²) in [5.41, 5.74) is 0.720. The van der Waals surface area contributed by atoms with Gasteiger partial charge in [-0.3, -0.25) is 9.29 Å². The van der Waals surface area contributed by atoms with Gasteiger partial charge in [0.1, 0.15) is 34.0 Å². The summed E-state index contributed by atoms with van der Waals surface area (Å²) in [7, 11) is 1.72. The van der Waals surface area contributed by atoms with Gasteiger partial charge < -0.3 is 18.9 Å². The molecule has 0 fully saturated rings. The third-order valence-corrected chi connectivity index (χ3v) is 7.40. The van der Waals surface area contributed by atoms with E-state index < -0.39 is 15.3 Å². The van der Waals surface area contributed by atoms with Crippen molar-refractivity contribution in [2.75, 3.05) is 39.8 Å². The molecule has 4 rings (SSSR count). The van der Waals surface area contributed by atoms with Crippen molar-refractivity contribution in [1.29, 1.82) is 0 Å². The molecule has 0 aliphatic heterocycles. The highest BCUT2D eigenvalue weighted by atomic mass is 35.5. The molecular formula is C24H26ClN7O6S. The molecule has 3 aromatic heterocycles. The predicted octanol–water partition coefficient (Wildman–Crippen LogP) is 2.80. The number of rotatable bonds is 12. The van der Waals surface area contributed by atoms with Crippen molar-refractivity contribution in [2.24, 2.45) is 0 Å². The number of anilines is 1. The number of sulfonamides is 1. The van der Waals surface area contributed by atoms with E-state index in [4.69, 9.17) is 30.5 Å². The molecule has 0 aliphatic carbocycles. The molecule has 0 saturated heterocycles. The monoisotopic (exact) mass is 575 g/mol. The topological polar surface area (TPSA) is 152 Å². The molecule has 13 nitrogen and oxygen atoms in total. The van der Waals surface area contributed by atoms with Crippen LogP contribution in [-0.4, -0.2) is 78.4 Å². The Balaban J connectivity index is 1.84. The summed E-state index contributed by atoms with van der Waals surface area (Å²) < 4.78 is 52.9. The maximum Gasteiger partial charge on any atom is 0.243 e. The highest BCUT2D eigenvalue weighted by Crippen LogP contribution is 2.37. The summed E-state index contributed by atoms with van der Waals surface area (Å²) >= 11 is 5.87. The van der Waals surface area contributed by atoms with Gasteiger partial charge in [-0.25, -0.2) is 23.4 Å². The lowest BCUT2D eigenvalue weighted by molar-refractivity contribution is 0.196. The number of nitrogens with one attached hydrogen (secondary N) is 1. The average Bonchev–Trinajstić information content (AvgIpc) is 3.35. The maximum atomic E-state index is 13.6. The Labute approximate surface area is 230 Å². The van der Waals surface area contributed by atoms with Crippen molar-refractivity contribution in [3.63, 3.8) is 0 Å². The number of ether oxygens (including phenoxy) is 4. The minimum absolute atomic E-state index is 0.0449. The summed E-state index contributed by atoms with van der Waals surface area (Å²) in [6, 6.07) is 10.2. The van der Waals surface area contributed by atoms with Gasteiger partial charge in [0.25, 0.3) is 0 Å². The molecule has 0 spiro atoms. The molecule has 0 unspecified atom stereocenters. The molecule has 1 N–H and O–H groups in total. The van der Waals surface area contributed by atoms with Gasteiger partial charge in [0.05, 0.1) is 33.0 Å². The number of para-hydroxylation sites is 1. The van der Waals surface area contributed by atoms with Gasteiger partial charge in [-0.2, -0.15) is 0 Å². The van der Waals surface area contributed by atoms with Crippen molar-refractivity contribution < 1.29 is 27.4 Å². The van der Waals surface area contributed by atoms with Crippen LogP contribution < -0.4 is 18.9 Å². The molecule has 3 heterocycles. The molecule has 39 heavy (non-hydrogen) atoms. The fourth-order valence-electron chi connectivity index (χ4n) is 3.74. The average molecular weight is 576 g/mol. The summed E-state index contributed by atoms with van der Waals surface area (Å²) in [6.45, 7) is -0.141. The van der Waals surface area contributed by atoms with Crippen LogP contribution in [0.25, 0.3) is 17.2 Å². The molecule has 15 heteroatoms. The third kappa shape index (κ3) is 6.19. The van der Waals surface area contributed by atoms with Gasteiger partial charge in [-0.05, 0) is 18.2 Å². The van der Waals surface area contributed by atoms with Crippen molar-refractivity contribution in [3.8, 4) is 34.6 Å². The number of halogens is 1. The molecule has 0 saturated carbocycles. The van der Waals surface area contributed by atoms with Gasteiger partial charge in [-0.15, -0.1) is 10.2 Å². The normalized spacial score (nSPS) is 12.1. The van der Waals surface area contributed by atoms with Gasteiger partial charge >= 0.3 is 0 Å². The van der Waals surface area contributed by atoms with Crippen LogP contribution in [0.4, 0.5) is 5.95 Å². The number of hydrogen-bond acceptors (Lipinski definition) is 11. The zero-order valence-corrected chi connectivity index (χ0v) is 23.1. The standard InChI is InChI=1S/C24H26ClN7O6S/c1-35-14-16(11-20-26-12-15(25)13-27-20)39(33,34)31-24-30-29-23(17-7-5-10-21(28-17)38-4)32(24)22-18(36-2)8-6-9-19(22)37-3/h5-10,12-13,16H,11,14H2,1-4H3,(H,30,31)/t16-/m0/s1. The number of aromatic nitrogens is 6. The maximum absolute atomic E-state index is 13.6. The Morgan fingerprint density at radius 2 is 1.62 bits per heavy atom. The van der Waals surface area contributed by atoms with Crippen LogP contribution in [0, 0.1) is 0 Å². The van der Waals surface area contributed by atoms with Crippen molar-refractivity contribution >= 4 is 27.6 Å². The second-order valence-corrected chi connectivity index (χ2v) is 10.4. The van der Waals surface area contributed by atoms with Gasteiger partial charge in [0.2, 0.25) is 21.9 Å². The van der Waals surface area contributed by atoms with E-state index in [-0.39, 0.29) is 30.6 Å². The molecule has 0 amide bonds. The van der Waals surface area contributed by atoms with Crippen LogP contribution in [0.1, 0.15) is 5.82 Å². The summed E-state index contributed by atoms with van der Waals surface area (Å²) in [5.74, 6) is 1.44. The summed E-state index contributed by atoms with van der Waals surface area (Å²) in [5, 5.41) is 7.68. The molecule has 1 aromatic carbocycles. The van der Waals surface area contributed by atoms with E-state index in [1.807, 2.05) is 0 Å². The Morgan fingerprint density at radius 1 is 0.949 bits per heavy atom. The number of methoxy groups -OCH3 is 4. The fraction of sp³-hybridized carbons (Fsp3) is 0.292. The van der Waals surface area contributed by atoms with E-state index in [0.717, 1.165) is 0 Å². The Kier molecular flexibility index (Phi) is 8.79. The molecule has 4 aromatic rings. The first kappa shape index (κ1) is 28.0. The number of hydrogen-bond donors (Lipinski definition) is 1. The summed E-state index contributed by atoms with van der Waals surface area (Å²) in [4.78, 5) is 12.7. The molecule has 206 valence electrons. The zero-order chi connectivity index (χ0) is 28.0. The lowest BCUT2D eigenvalue weighted by Crippen LogP contribution is -2.35. The van der Waals surface area contributed by atoms with Crippen LogP contribution >= 0.6 is 11.6 Å². The van der Waals surface area contributed by atoms with Crippen LogP contribution in [0.5, 0.6) is 17.4 Å². The molecule has 0 bridgehead atoms. The highest BCUT2D eigenvalue weighted by Gasteiger charge is 2.31. The fourth-order valence-corrected chi connectivity index (χ4v) is 5.07. The number of nitrogens with zero attached hydrogens (tertiary/aromatic N) is 6. The van der Waals surface area contributed by atoms with E-state index in [2.05, 4.69) is 29.9 Å². The highest BCUT2D eigenvalue weighted by molar-refractivity contribution is 7.93. The van der Waals surface area contributed by atoms with E-state index in [9.17, 15) is 8.42 Å². The minimum Gasteiger partial charge on any atom is -0.494 e. The quantitative estimate of drug-likeness (QED) is 0.265. The van der Waals surface area contributed by atoms with Crippen LogP contribution in [0.15, 0.2) is 48.8 Å². The predicted molar refractivity (Wildman–Crippen MR) is 143 cm³/mol. The molecular weight excluding hydrogens is 550 g/mol.